The molecule has 0 saturated heterocycles. The smallest absolute Gasteiger partial charge is 0.191 e. The van der Waals surface area contributed by atoms with Crippen LogP contribution in [-0.4, -0.2) is 51.9 Å². The maximum Gasteiger partial charge on any atom is 0.191 e. The number of rotatable bonds is 8. The van der Waals surface area contributed by atoms with E-state index in [2.05, 4.69) is 43.6 Å². The molecule has 1 aromatic rings. The van der Waals surface area contributed by atoms with Crippen LogP contribution in [0, 0.1) is 0 Å². The van der Waals surface area contributed by atoms with Crippen molar-refractivity contribution in [2.75, 3.05) is 25.1 Å². The van der Waals surface area contributed by atoms with Gasteiger partial charge in [0.05, 0.1) is 6.54 Å². The summed E-state index contributed by atoms with van der Waals surface area (Å²) in [7, 11) is 0. The third kappa shape index (κ3) is 7.28. The van der Waals surface area contributed by atoms with Crippen LogP contribution in [0.3, 0.4) is 0 Å². The molecule has 0 atom stereocenters. The highest BCUT2D eigenvalue weighted by Gasteiger charge is 2.15. The zero-order valence-corrected chi connectivity index (χ0v) is 17.3. The topological polar surface area (TPSA) is 67.1 Å². The van der Waals surface area contributed by atoms with Crippen LogP contribution in [0.1, 0.15) is 38.4 Å². The Morgan fingerprint density at radius 1 is 1.43 bits per heavy atom. The van der Waals surface area contributed by atoms with Crippen LogP contribution in [0.25, 0.3) is 0 Å². The second kappa shape index (κ2) is 11.9. The summed E-state index contributed by atoms with van der Waals surface area (Å²) in [4.78, 5) is 4.67. The Balaban J connectivity index is 0.00000264. The van der Waals surface area contributed by atoms with Crippen molar-refractivity contribution < 1.29 is 0 Å². The first kappa shape index (κ1) is 20.5. The lowest BCUT2D eigenvalue weighted by Gasteiger charge is -2.17. The summed E-state index contributed by atoms with van der Waals surface area (Å²) >= 11 is 1.83. The average Bonchev–Trinajstić information content (AvgIpc) is 3.18. The number of nitrogens with zero attached hydrogens (tertiary/aromatic N) is 4. The van der Waals surface area contributed by atoms with Crippen LogP contribution in [0.2, 0.25) is 0 Å². The largest absolute Gasteiger partial charge is 0.355 e. The van der Waals surface area contributed by atoms with Crippen molar-refractivity contribution in [1.29, 1.82) is 0 Å². The first-order valence-corrected chi connectivity index (χ1v) is 9.63. The minimum absolute atomic E-state index is 0. The summed E-state index contributed by atoms with van der Waals surface area (Å²) in [6.45, 7) is 4.66. The normalized spacial score (nSPS) is 15.5. The molecule has 1 saturated carbocycles. The molecule has 1 aliphatic rings. The third-order valence-corrected chi connectivity index (χ3v) is 4.51. The monoisotopic (exact) mass is 452 g/mol. The molecule has 0 aromatic carbocycles. The van der Waals surface area contributed by atoms with Crippen LogP contribution in [-0.2, 0) is 13.0 Å². The van der Waals surface area contributed by atoms with E-state index < -0.39 is 0 Å². The molecule has 1 aliphatic carbocycles. The van der Waals surface area contributed by atoms with Crippen molar-refractivity contribution in [3.63, 3.8) is 0 Å². The van der Waals surface area contributed by atoms with E-state index in [-0.39, 0.29) is 24.0 Å². The number of hydrogen-bond donors (Lipinski definition) is 2. The molecule has 0 unspecified atom stereocenters. The van der Waals surface area contributed by atoms with Crippen molar-refractivity contribution in [2.24, 2.45) is 4.99 Å². The van der Waals surface area contributed by atoms with Gasteiger partial charge in [-0.05, 0) is 19.1 Å². The van der Waals surface area contributed by atoms with Gasteiger partial charge in [-0.25, -0.2) is 0 Å². The fraction of sp³-hybridized carbons (Fsp3) is 0.800. The maximum absolute atomic E-state index is 4.67. The molecule has 0 amide bonds. The second-order valence-electron chi connectivity index (χ2n) is 5.57. The molecule has 0 spiro atoms. The summed E-state index contributed by atoms with van der Waals surface area (Å²) < 4.78 is 2.10. The minimum atomic E-state index is 0. The highest BCUT2D eigenvalue weighted by atomic mass is 127. The van der Waals surface area contributed by atoms with Gasteiger partial charge >= 0.3 is 0 Å². The average molecular weight is 452 g/mol. The molecule has 6 nitrogen and oxygen atoms in total. The maximum atomic E-state index is 4.67. The number of aliphatic imine (C=N–C) groups is 1. The lowest BCUT2D eigenvalue weighted by Crippen LogP contribution is -2.43. The highest BCUT2D eigenvalue weighted by Crippen LogP contribution is 2.17. The fourth-order valence-electron chi connectivity index (χ4n) is 2.70. The molecular weight excluding hydrogens is 423 g/mol. The summed E-state index contributed by atoms with van der Waals surface area (Å²) in [5.41, 5.74) is 0. The zero-order chi connectivity index (χ0) is 15.6. The molecule has 1 aromatic heterocycles. The van der Waals surface area contributed by atoms with Gasteiger partial charge in [-0.1, -0.05) is 19.8 Å². The van der Waals surface area contributed by atoms with E-state index in [4.69, 9.17) is 0 Å². The summed E-state index contributed by atoms with van der Waals surface area (Å²) in [5.74, 6) is 3.04. The Bertz CT molecular complexity index is 459. The standard InChI is InChI=1S/C15H28N6S.HI/c1-3-14-20-18-12-21(14)10-8-16-15(17-9-11-22-2)19-13-6-4-5-7-13;/h12-13H,3-11H2,1-2H3,(H2,16,17,19);1H. The molecule has 2 N–H and O–H groups in total. The van der Waals surface area contributed by atoms with Crippen molar-refractivity contribution in [3.05, 3.63) is 12.2 Å². The molecule has 132 valence electrons. The quantitative estimate of drug-likeness (QED) is 0.274. The Hall–Kier alpha value is -0.510. The second-order valence-corrected chi connectivity index (χ2v) is 6.56. The molecule has 0 radical (unpaired) electrons. The first-order chi connectivity index (χ1) is 10.8. The molecule has 0 aliphatic heterocycles. The Labute approximate surface area is 160 Å². The summed E-state index contributed by atoms with van der Waals surface area (Å²) in [6, 6.07) is 0.585. The SMILES string of the molecule is CCc1nncn1CCNC(=NCCSC)NC1CCCC1.I. The lowest BCUT2D eigenvalue weighted by molar-refractivity contribution is 0.593. The molecule has 0 bridgehead atoms. The molecule has 23 heavy (non-hydrogen) atoms. The van der Waals surface area contributed by atoms with Gasteiger partial charge < -0.3 is 15.2 Å². The molecule has 1 fully saturated rings. The van der Waals surface area contributed by atoms with E-state index in [1.165, 1.54) is 25.7 Å². The predicted octanol–water partition coefficient (Wildman–Crippen LogP) is 2.30. The van der Waals surface area contributed by atoms with Gasteiger partial charge in [0.2, 0.25) is 0 Å². The lowest BCUT2D eigenvalue weighted by atomic mass is 10.2. The number of guanidine groups is 1. The first-order valence-electron chi connectivity index (χ1n) is 8.24. The van der Waals surface area contributed by atoms with Crippen molar-refractivity contribution in [2.45, 2.75) is 51.6 Å². The van der Waals surface area contributed by atoms with Gasteiger partial charge in [-0.3, -0.25) is 4.99 Å². The van der Waals surface area contributed by atoms with E-state index in [0.717, 1.165) is 43.6 Å². The highest BCUT2D eigenvalue weighted by molar-refractivity contribution is 14.0. The van der Waals surface area contributed by atoms with Gasteiger partial charge in [0.15, 0.2) is 5.96 Å². The number of hydrogen-bond acceptors (Lipinski definition) is 4. The number of aryl methyl sites for hydroxylation is 1. The Kier molecular flexibility index (Phi) is 10.7. The van der Waals surface area contributed by atoms with Crippen LogP contribution in [0.15, 0.2) is 11.3 Å². The van der Waals surface area contributed by atoms with Crippen molar-refractivity contribution in [3.8, 4) is 0 Å². The molecule has 2 rings (SSSR count). The van der Waals surface area contributed by atoms with E-state index in [1.807, 2.05) is 11.8 Å². The minimum Gasteiger partial charge on any atom is -0.355 e. The van der Waals surface area contributed by atoms with Gasteiger partial charge in [-0.15, -0.1) is 34.2 Å². The fourth-order valence-corrected chi connectivity index (χ4v) is 2.97. The Morgan fingerprint density at radius 2 is 2.22 bits per heavy atom. The number of aromatic nitrogens is 3. The number of nitrogens with one attached hydrogen (secondary N) is 2. The molecule has 1 heterocycles. The molecular formula is C15H29IN6S. The zero-order valence-electron chi connectivity index (χ0n) is 14.1. The van der Waals surface area contributed by atoms with Crippen LogP contribution < -0.4 is 10.6 Å². The van der Waals surface area contributed by atoms with E-state index >= 15 is 0 Å². The van der Waals surface area contributed by atoms with E-state index in [0.29, 0.717) is 6.04 Å². The third-order valence-electron chi connectivity index (χ3n) is 3.92. The summed E-state index contributed by atoms with van der Waals surface area (Å²) in [6.07, 6.45) is 10.0. The van der Waals surface area contributed by atoms with Gasteiger partial charge in [0, 0.05) is 31.3 Å². The van der Waals surface area contributed by atoms with Crippen molar-refractivity contribution in [1.82, 2.24) is 25.4 Å². The predicted molar refractivity (Wildman–Crippen MR) is 109 cm³/mol. The summed E-state index contributed by atoms with van der Waals surface area (Å²) in [5, 5.41) is 15.1. The van der Waals surface area contributed by atoms with Gasteiger partial charge in [-0.2, -0.15) is 11.8 Å². The van der Waals surface area contributed by atoms with Crippen LogP contribution in [0.5, 0.6) is 0 Å². The van der Waals surface area contributed by atoms with E-state index in [1.54, 1.807) is 6.33 Å². The van der Waals surface area contributed by atoms with E-state index in [9.17, 15) is 0 Å². The van der Waals surface area contributed by atoms with Crippen LogP contribution in [0.4, 0.5) is 0 Å². The van der Waals surface area contributed by atoms with Crippen molar-refractivity contribution >= 4 is 41.7 Å². The molecule has 8 heteroatoms. The van der Waals surface area contributed by atoms with Gasteiger partial charge in [0.25, 0.3) is 0 Å². The number of halogens is 1. The number of thioether (sulfide) groups is 1. The Morgan fingerprint density at radius 3 is 2.91 bits per heavy atom. The van der Waals surface area contributed by atoms with Gasteiger partial charge in [0.1, 0.15) is 12.2 Å². The van der Waals surface area contributed by atoms with Crippen LogP contribution >= 0.6 is 35.7 Å².